The van der Waals surface area contributed by atoms with Crippen LogP contribution in [0.25, 0.3) is 0 Å². The highest BCUT2D eigenvalue weighted by Gasteiger charge is 2.36. The molecular weight excluding hydrogens is 417 g/mol. The van der Waals surface area contributed by atoms with E-state index in [0.717, 1.165) is 49.1 Å². The van der Waals surface area contributed by atoms with Crippen molar-refractivity contribution in [2.24, 2.45) is 0 Å². The van der Waals surface area contributed by atoms with Gasteiger partial charge in [0, 0.05) is 16.6 Å². The Balaban J connectivity index is 2.00. The average Bonchev–Trinajstić information content (AvgIpc) is 3.25. The Labute approximate surface area is 176 Å². The minimum atomic E-state index is -4.60. The number of carbonyl (C=O) groups is 2. The maximum absolute atomic E-state index is 13.2. The summed E-state index contributed by atoms with van der Waals surface area (Å²) < 4.78 is 39.7. The molecule has 2 N–H and O–H groups in total. The Bertz CT molecular complexity index is 865. The standard InChI is InChI=1S/C21H23F3N2O3S/c22-21(23,24)14-6-4-9-16(12-14)26(18(28)13-27)19(17-10-5-11-30-17)20(29)25-15-7-2-1-3-8-15/h4-6,9-12,15,19,27H,1-3,7-8,13H2,(H,25,29). The van der Waals surface area contributed by atoms with Crippen molar-refractivity contribution in [2.75, 3.05) is 11.5 Å². The van der Waals surface area contributed by atoms with Crippen LogP contribution in [0.1, 0.15) is 48.6 Å². The van der Waals surface area contributed by atoms with Crippen LogP contribution >= 0.6 is 11.3 Å². The van der Waals surface area contributed by atoms with Crippen LogP contribution in [0, 0.1) is 0 Å². The number of thiophene rings is 1. The van der Waals surface area contributed by atoms with Crippen molar-refractivity contribution in [1.29, 1.82) is 0 Å². The SMILES string of the molecule is O=C(NC1CCCCC1)C(c1cccs1)N(C(=O)CO)c1cccc(C(F)(F)F)c1. The fourth-order valence-electron chi connectivity index (χ4n) is 3.69. The van der Waals surface area contributed by atoms with Gasteiger partial charge in [-0.3, -0.25) is 14.5 Å². The summed E-state index contributed by atoms with van der Waals surface area (Å²) in [4.78, 5) is 27.3. The van der Waals surface area contributed by atoms with Gasteiger partial charge in [0.05, 0.1) is 5.56 Å². The summed E-state index contributed by atoms with van der Waals surface area (Å²) in [6, 6.07) is 6.37. The molecule has 5 nitrogen and oxygen atoms in total. The third-order valence-corrected chi connectivity index (χ3v) is 6.05. The van der Waals surface area contributed by atoms with Crippen molar-refractivity contribution in [3.8, 4) is 0 Å². The van der Waals surface area contributed by atoms with E-state index in [2.05, 4.69) is 5.32 Å². The van der Waals surface area contributed by atoms with Gasteiger partial charge in [-0.25, -0.2) is 0 Å². The molecule has 1 aromatic carbocycles. The molecule has 2 amide bonds. The Kier molecular flexibility index (Phi) is 7.14. The van der Waals surface area contributed by atoms with E-state index in [4.69, 9.17) is 0 Å². The minimum absolute atomic E-state index is 0.0405. The lowest BCUT2D eigenvalue weighted by atomic mass is 9.95. The van der Waals surface area contributed by atoms with Crippen molar-refractivity contribution in [2.45, 2.75) is 50.4 Å². The lowest BCUT2D eigenvalue weighted by Crippen LogP contribution is -2.47. The van der Waals surface area contributed by atoms with Gasteiger partial charge in [0.25, 0.3) is 5.91 Å². The molecule has 1 aliphatic carbocycles. The monoisotopic (exact) mass is 440 g/mol. The Morgan fingerprint density at radius 2 is 1.90 bits per heavy atom. The highest BCUT2D eigenvalue weighted by molar-refractivity contribution is 7.10. The molecule has 30 heavy (non-hydrogen) atoms. The van der Waals surface area contributed by atoms with Gasteiger partial charge in [-0.15, -0.1) is 11.3 Å². The summed E-state index contributed by atoms with van der Waals surface area (Å²) in [5, 5.41) is 14.2. The number of aliphatic hydroxyl groups excluding tert-OH is 1. The van der Waals surface area contributed by atoms with Crippen LogP contribution in [0.3, 0.4) is 0 Å². The number of hydrogen-bond donors (Lipinski definition) is 2. The normalized spacial score (nSPS) is 16.1. The van der Waals surface area contributed by atoms with E-state index in [1.54, 1.807) is 17.5 Å². The predicted octanol–water partition coefficient (Wildman–Crippen LogP) is 4.28. The average molecular weight is 440 g/mol. The summed E-state index contributed by atoms with van der Waals surface area (Å²) in [6.45, 7) is -0.936. The minimum Gasteiger partial charge on any atom is -0.387 e. The zero-order valence-electron chi connectivity index (χ0n) is 16.2. The maximum Gasteiger partial charge on any atom is 0.416 e. The Morgan fingerprint density at radius 1 is 1.17 bits per heavy atom. The Morgan fingerprint density at radius 3 is 2.50 bits per heavy atom. The number of benzene rings is 1. The quantitative estimate of drug-likeness (QED) is 0.704. The van der Waals surface area contributed by atoms with Gasteiger partial charge < -0.3 is 10.4 Å². The number of rotatable bonds is 6. The van der Waals surface area contributed by atoms with Crippen LogP contribution in [0.5, 0.6) is 0 Å². The van der Waals surface area contributed by atoms with Gasteiger partial charge in [0.2, 0.25) is 5.91 Å². The summed E-state index contributed by atoms with van der Waals surface area (Å²) in [5.74, 6) is -1.32. The van der Waals surface area contributed by atoms with Crippen LogP contribution in [-0.4, -0.2) is 29.6 Å². The van der Waals surface area contributed by atoms with Crippen LogP contribution < -0.4 is 10.2 Å². The highest BCUT2D eigenvalue weighted by atomic mass is 32.1. The Hall–Kier alpha value is -2.39. The third-order valence-electron chi connectivity index (χ3n) is 5.13. The fraction of sp³-hybridized carbons (Fsp3) is 0.429. The molecule has 1 unspecified atom stereocenters. The number of hydrogen-bond acceptors (Lipinski definition) is 4. The van der Waals surface area contributed by atoms with E-state index in [-0.39, 0.29) is 11.7 Å². The van der Waals surface area contributed by atoms with E-state index in [1.807, 2.05) is 0 Å². The van der Waals surface area contributed by atoms with Gasteiger partial charge in [-0.05, 0) is 42.5 Å². The van der Waals surface area contributed by atoms with Gasteiger partial charge in [0.15, 0.2) is 0 Å². The summed E-state index contributed by atoms with van der Waals surface area (Å²) in [5.41, 5.74) is -1.03. The number of alkyl halides is 3. The third kappa shape index (κ3) is 5.20. The molecule has 1 fully saturated rings. The van der Waals surface area contributed by atoms with Crippen molar-refractivity contribution in [3.63, 3.8) is 0 Å². The molecule has 0 aliphatic heterocycles. The second-order valence-corrected chi connectivity index (χ2v) is 8.21. The molecule has 0 bridgehead atoms. The number of nitrogens with zero attached hydrogens (tertiary/aromatic N) is 1. The van der Waals surface area contributed by atoms with Gasteiger partial charge in [-0.2, -0.15) is 13.2 Å². The number of nitrogens with one attached hydrogen (secondary N) is 1. The molecule has 2 aromatic rings. The van der Waals surface area contributed by atoms with Crippen LogP contribution in [0.2, 0.25) is 0 Å². The second-order valence-electron chi connectivity index (χ2n) is 7.23. The largest absolute Gasteiger partial charge is 0.416 e. The zero-order chi connectivity index (χ0) is 21.7. The lowest BCUT2D eigenvalue weighted by molar-refractivity contribution is -0.137. The maximum atomic E-state index is 13.2. The first-order valence-corrected chi connectivity index (χ1v) is 10.6. The van der Waals surface area contributed by atoms with Crippen LogP contribution in [-0.2, 0) is 15.8 Å². The van der Waals surface area contributed by atoms with Gasteiger partial charge >= 0.3 is 6.18 Å². The second kappa shape index (κ2) is 9.61. The molecular formula is C21H23F3N2O3S. The van der Waals surface area contributed by atoms with Gasteiger partial charge in [-0.1, -0.05) is 31.4 Å². The summed E-state index contributed by atoms with van der Waals surface area (Å²) in [6.07, 6.45) is 0.108. The molecule has 1 heterocycles. The number of halogens is 3. The fourth-order valence-corrected chi connectivity index (χ4v) is 4.51. The molecule has 1 saturated carbocycles. The smallest absolute Gasteiger partial charge is 0.387 e. The molecule has 9 heteroatoms. The van der Waals surface area contributed by atoms with Gasteiger partial charge in [0.1, 0.15) is 12.6 Å². The highest BCUT2D eigenvalue weighted by Crippen LogP contribution is 2.35. The number of anilines is 1. The van der Waals surface area contributed by atoms with Crippen LogP contribution in [0.4, 0.5) is 18.9 Å². The summed E-state index contributed by atoms with van der Waals surface area (Å²) in [7, 11) is 0. The van der Waals surface area contributed by atoms with E-state index in [9.17, 15) is 27.9 Å². The first kappa shape index (κ1) is 22.3. The molecule has 0 saturated heterocycles. The molecule has 0 spiro atoms. The van der Waals surface area contributed by atoms with E-state index < -0.39 is 36.2 Å². The molecule has 3 rings (SSSR count). The molecule has 1 aliphatic rings. The topological polar surface area (TPSA) is 69.6 Å². The van der Waals surface area contributed by atoms with E-state index >= 15 is 0 Å². The van der Waals surface area contributed by atoms with Crippen molar-refractivity contribution < 1.29 is 27.9 Å². The number of aliphatic hydroxyl groups is 1. The number of carbonyl (C=O) groups excluding carboxylic acids is 2. The zero-order valence-corrected chi connectivity index (χ0v) is 17.0. The van der Waals surface area contributed by atoms with E-state index in [0.29, 0.717) is 4.88 Å². The predicted molar refractivity (Wildman–Crippen MR) is 108 cm³/mol. The molecule has 162 valence electrons. The van der Waals surface area contributed by atoms with Crippen molar-refractivity contribution in [3.05, 3.63) is 52.2 Å². The van der Waals surface area contributed by atoms with Crippen molar-refractivity contribution >= 4 is 28.8 Å². The molecule has 1 aromatic heterocycles. The molecule has 0 radical (unpaired) electrons. The number of amides is 2. The first-order chi connectivity index (χ1) is 14.3. The first-order valence-electron chi connectivity index (χ1n) is 9.75. The van der Waals surface area contributed by atoms with Crippen LogP contribution in [0.15, 0.2) is 41.8 Å². The van der Waals surface area contributed by atoms with E-state index in [1.165, 1.54) is 23.5 Å². The summed E-state index contributed by atoms with van der Waals surface area (Å²) >= 11 is 1.22. The van der Waals surface area contributed by atoms with Crippen molar-refractivity contribution in [1.82, 2.24) is 5.32 Å². The molecule has 1 atom stereocenters. The lowest BCUT2D eigenvalue weighted by Gasteiger charge is -2.32.